The highest BCUT2D eigenvalue weighted by atomic mass is 79.9. The van der Waals surface area contributed by atoms with Crippen molar-refractivity contribution in [2.75, 3.05) is 5.33 Å². The van der Waals surface area contributed by atoms with Crippen molar-refractivity contribution in [3.8, 4) is 0 Å². The first kappa shape index (κ1) is 11.6. The van der Waals surface area contributed by atoms with Gasteiger partial charge in [-0.05, 0) is 18.8 Å². The molecule has 2 unspecified atom stereocenters. The summed E-state index contributed by atoms with van der Waals surface area (Å²) < 4.78 is 0. The third-order valence-corrected chi connectivity index (χ3v) is 4.09. The van der Waals surface area contributed by atoms with Crippen LogP contribution in [-0.2, 0) is 9.63 Å². The molecule has 2 rings (SSSR count). The molecule has 15 heavy (non-hydrogen) atoms. The third-order valence-electron chi connectivity index (χ3n) is 3.54. The Kier molecular flexibility index (Phi) is 4.17. The zero-order valence-corrected chi connectivity index (χ0v) is 10.5. The Morgan fingerprint density at radius 3 is 2.73 bits per heavy atom. The van der Waals surface area contributed by atoms with Crippen LogP contribution >= 0.6 is 15.9 Å². The van der Waals surface area contributed by atoms with E-state index in [4.69, 9.17) is 4.84 Å². The van der Waals surface area contributed by atoms with Gasteiger partial charge in [-0.1, -0.05) is 35.2 Å². The predicted molar refractivity (Wildman–Crippen MR) is 61.8 cm³/mol. The zero-order chi connectivity index (χ0) is 10.7. The average Bonchev–Trinajstić information content (AvgIpc) is 2.78. The van der Waals surface area contributed by atoms with Gasteiger partial charge in [-0.3, -0.25) is 9.63 Å². The lowest BCUT2D eigenvalue weighted by atomic mass is 9.82. The third kappa shape index (κ3) is 2.80. The standard InChI is InChI=1S/C11H18BrNO2/c12-7-10(14)11-6-9(13-15-11)8-4-2-1-3-5-8/h8-9,11,13H,1-7H2. The molecule has 1 heterocycles. The van der Waals surface area contributed by atoms with E-state index < -0.39 is 0 Å². The molecular formula is C11H18BrNO2. The molecule has 0 bridgehead atoms. The van der Waals surface area contributed by atoms with Crippen LogP contribution in [0.1, 0.15) is 38.5 Å². The summed E-state index contributed by atoms with van der Waals surface area (Å²) >= 11 is 3.18. The monoisotopic (exact) mass is 275 g/mol. The number of rotatable bonds is 3. The first-order chi connectivity index (χ1) is 7.31. The molecule has 0 aromatic carbocycles. The molecule has 0 aromatic heterocycles. The summed E-state index contributed by atoms with van der Waals surface area (Å²) in [6, 6.07) is 0.401. The van der Waals surface area contributed by atoms with Gasteiger partial charge in [0.25, 0.3) is 0 Å². The number of alkyl halides is 1. The Morgan fingerprint density at radius 2 is 2.07 bits per heavy atom. The molecule has 0 amide bonds. The molecule has 4 heteroatoms. The van der Waals surface area contributed by atoms with Crippen molar-refractivity contribution in [1.29, 1.82) is 0 Å². The number of nitrogens with one attached hydrogen (secondary N) is 1. The molecule has 0 spiro atoms. The Balaban J connectivity index is 1.83. The fourth-order valence-corrected chi connectivity index (χ4v) is 2.97. The minimum Gasteiger partial charge on any atom is -0.296 e. The van der Waals surface area contributed by atoms with Crippen molar-refractivity contribution in [2.45, 2.75) is 50.7 Å². The summed E-state index contributed by atoms with van der Waals surface area (Å²) in [5, 5.41) is 0.400. The van der Waals surface area contributed by atoms with E-state index in [1.54, 1.807) is 0 Å². The van der Waals surface area contributed by atoms with Crippen molar-refractivity contribution >= 4 is 21.7 Å². The normalized spacial score (nSPS) is 33.1. The lowest BCUT2D eigenvalue weighted by Gasteiger charge is -2.26. The van der Waals surface area contributed by atoms with Crippen molar-refractivity contribution in [2.24, 2.45) is 5.92 Å². The first-order valence-electron chi connectivity index (χ1n) is 5.81. The van der Waals surface area contributed by atoms with Crippen LogP contribution in [0.5, 0.6) is 0 Å². The molecular weight excluding hydrogens is 258 g/mol. The fourth-order valence-electron chi connectivity index (χ4n) is 2.60. The van der Waals surface area contributed by atoms with Crippen LogP contribution in [0.2, 0.25) is 0 Å². The smallest absolute Gasteiger partial charge is 0.174 e. The van der Waals surface area contributed by atoms with Gasteiger partial charge in [-0.2, -0.15) is 5.48 Å². The summed E-state index contributed by atoms with van der Waals surface area (Å²) in [5.41, 5.74) is 3.05. The molecule has 3 nitrogen and oxygen atoms in total. The van der Waals surface area contributed by atoms with Gasteiger partial charge in [-0.25, -0.2) is 0 Å². The van der Waals surface area contributed by atoms with Gasteiger partial charge >= 0.3 is 0 Å². The largest absolute Gasteiger partial charge is 0.296 e. The highest BCUT2D eigenvalue weighted by Crippen LogP contribution is 2.31. The van der Waals surface area contributed by atoms with Gasteiger partial charge in [-0.15, -0.1) is 0 Å². The molecule has 1 N–H and O–H groups in total. The molecule has 1 saturated carbocycles. The maximum Gasteiger partial charge on any atom is 0.174 e. The van der Waals surface area contributed by atoms with Crippen molar-refractivity contribution in [3.05, 3.63) is 0 Å². The summed E-state index contributed by atoms with van der Waals surface area (Å²) in [6.07, 6.45) is 7.24. The van der Waals surface area contributed by atoms with Gasteiger partial charge in [0.15, 0.2) is 5.78 Å². The van der Waals surface area contributed by atoms with Crippen LogP contribution in [0.15, 0.2) is 0 Å². The van der Waals surface area contributed by atoms with Crippen LogP contribution in [0.3, 0.4) is 0 Å². The molecule has 2 fully saturated rings. The van der Waals surface area contributed by atoms with Gasteiger partial charge in [0.1, 0.15) is 6.10 Å². The van der Waals surface area contributed by atoms with E-state index >= 15 is 0 Å². The Morgan fingerprint density at radius 1 is 1.33 bits per heavy atom. The lowest BCUT2D eigenvalue weighted by Crippen LogP contribution is -2.30. The van der Waals surface area contributed by atoms with Gasteiger partial charge in [0, 0.05) is 12.5 Å². The number of ketones is 1. The van der Waals surface area contributed by atoms with E-state index in [-0.39, 0.29) is 11.9 Å². The average molecular weight is 276 g/mol. The number of carbonyl (C=O) groups is 1. The Hall–Kier alpha value is 0.0700. The van der Waals surface area contributed by atoms with Gasteiger partial charge in [0.2, 0.25) is 0 Å². The first-order valence-corrected chi connectivity index (χ1v) is 6.93. The minimum absolute atomic E-state index is 0.154. The minimum atomic E-state index is -0.226. The highest BCUT2D eigenvalue weighted by molar-refractivity contribution is 9.09. The zero-order valence-electron chi connectivity index (χ0n) is 8.88. The summed E-state index contributed by atoms with van der Waals surface area (Å²) in [6.45, 7) is 0. The van der Waals surface area contributed by atoms with E-state index in [0.29, 0.717) is 17.3 Å². The van der Waals surface area contributed by atoms with Crippen LogP contribution in [0.4, 0.5) is 0 Å². The Labute approximate surface area is 99.0 Å². The maximum atomic E-state index is 11.4. The quantitative estimate of drug-likeness (QED) is 0.803. The second-order valence-electron chi connectivity index (χ2n) is 4.56. The SMILES string of the molecule is O=C(CBr)C1CC(C2CCCCC2)NO1. The summed E-state index contributed by atoms with van der Waals surface area (Å²) in [4.78, 5) is 16.8. The maximum absolute atomic E-state index is 11.4. The molecule has 1 aliphatic heterocycles. The van der Waals surface area contributed by atoms with Crippen LogP contribution < -0.4 is 5.48 Å². The predicted octanol–water partition coefficient (Wildman–Crippen LogP) is 2.19. The van der Waals surface area contributed by atoms with Gasteiger partial charge in [0.05, 0.1) is 5.33 Å². The number of hydrogen-bond acceptors (Lipinski definition) is 3. The Bertz CT molecular complexity index is 229. The number of carbonyl (C=O) groups excluding carboxylic acids is 1. The van der Waals surface area contributed by atoms with Crippen LogP contribution in [0, 0.1) is 5.92 Å². The van der Waals surface area contributed by atoms with E-state index in [1.807, 2.05) is 0 Å². The molecule has 86 valence electrons. The van der Waals surface area contributed by atoms with Gasteiger partial charge < -0.3 is 0 Å². The van der Waals surface area contributed by atoms with Crippen LogP contribution in [0.25, 0.3) is 0 Å². The second-order valence-corrected chi connectivity index (χ2v) is 5.13. The fraction of sp³-hybridized carbons (Fsp3) is 0.909. The highest BCUT2D eigenvalue weighted by Gasteiger charge is 2.35. The molecule has 1 aliphatic carbocycles. The molecule has 0 aromatic rings. The van der Waals surface area contributed by atoms with Crippen LogP contribution in [-0.4, -0.2) is 23.3 Å². The summed E-state index contributed by atoms with van der Waals surface area (Å²) in [5.74, 6) is 0.868. The van der Waals surface area contributed by atoms with Crippen molar-refractivity contribution < 1.29 is 9.63 Å². The molecule has 2 aliphatic rings. The molecule has 1 saturated heterocycles. The second kappa shape index (κ2) is 5.41. The van der Waals surface area contributed by atoms with E-state index in [0.717, 1.165) is 6.42 Å². The summed E-state index contributed by atoms with van der Waals surface area (Å²) in [7, 11) is 0. The van der Waals surface area contributed by atoms with E-state index in [1.165, 1.54) is 32.1 Å². The van der Waals surface area contributed by atoms with E-state index in [9.17, 15) is 4.79 Å². The van der Waals surface area contributed by atoms with Crippen molar-refractivity contribution in [1.82, 2.24) is 5.48 Å². The lowest BCUT2D eigenvalue weighted by molar-refractivity contribution is -0.128. The number of hydrogen-bond donors (Lipinski definition) is 1. The number of Topliss-reactive ketones (excluding diaryl/α,β-unsaturated/α-hetero) is 1. The molecule has 0 radical (unpaired) electrons. The topological polar surface area (TPSA) is 38.3 Å². The van der Waals surface area contributed by atoms with Crippen molar-refractivity contribution in [3.63, 3.8) is 0 Å². The molecule has 2 atom stereocenters. The van der Waals surface area contributed by atoms with E-state index in [2.05, 4.69) is 21.4 Å². The number of halogens is 1. The number of hydroxylamine groups is 1.